The highest BCUT2D eigenvalue weighted by molar-refractivity contribution is 6.20. The lowest BCUT2D eigenvalue weighted by Gasteiger charge is -2.17. The van der Waals surface area contributed by atoms with Crippen molar-refractivity contribution in [3.05, 3.63) is 29.6 Å². The summed E-state index contributed by atoms with van der Waals surface area (Å²) < 4.78 is 2.22. The summed E-state index contributed by atoms with van der Waals surface area (Å²) in [6, 6.07) is 7.94. The number of alkyl halides is 1. The lowest BCUT2D eigenvalue weighted by molar-refractivity contribution is 0.522. The molecular weight excluding hydrogens is 246 g/mol. The first-order chi connectivity index (χ1) is 8.57. The van der Waals surface area contributed by atoms with Gasteiger partial charge in [0.1, 0.15) is 17.4 Å². The molecule has 1 unspecified atom stereocenters. The number of hydrogen-bond donors (Lipinski definition) is 0. The molecular formula is C14H14ClN3. The van der Waals surface area contributed by atoms with Crippen LogP contribution in [0.25, 0.3) is 11.0 Å². The second-order valence-corrected chi connectivity index (χ2v) is 5.86. The first-order valence-corrected chi connectivity index (χ1v) is 6.56. The predicted molar refractivity (Wildman–Crippen MR) is 71.6 cm³/mol. The van der Waals surface area contributed by atoms with Crippen molar-refractivity contribution in [2.75, 3.05) is 0 Å². The lowest BCUT2D eigenvalue weighted by atomic mass is 10.2. The number of imidazole rings is 1. The predicted octanol–water partition coefficient (Wildman–Crippen LogP) is 3.72. The Morgan fingerprint density at radius 1 is 1.50 bits per heavy atom. The maximum absolute atomic E-state index is 9.16. The van der Waals surface area contributed by atoms with Crippen LogP contribution in [0.4, 0.5) is 0 Å². The van der Waals surface area contributed by atoms with Gasteiger partial charge in [-0.2, -0.15) is 5.26 Å². The molecule has 1 aromatic heterocycles. The topological polar surface area (TPSA) is 41.6 Å². The summed E-state index contributed by atoms with van der Waals surface area (Å²) >= 11 is 6.24. The zero-order valence-electron chi connectivity index (χ0n) is 10.4. The van der Waals surface area contributed by atoms with Gasteiger partial charge in [-0.15, -0.1) is 11.6 Å². The zero-order chi connectivity index (χ0) is 12.9. The van der Waals surface area contributed by atoms with Crippen LogP contribution in [0.2, 0.25) is 0 Å². The second kappa shape index (κ2) is 3.73. The van der Waals surface area contributed by atoms with Gasteiger partial charge in [0.25, 0.3) is 0 Å². The third-order valence-corrected chi connectivity index (χ3v) is 3.90. The van der Waals surface area contributed by atoms with E-state index in [2.05, 4.69) is 22.5 Å². The summed E-state index contributed by atoms with van der Waals surface area (Å²) in [6.07, 6.45) is 2.29. The monoisotopic (exact) mass is 259 g/mol. The molecule has 4 heteroatoms. The number of aromatic nitrogens is 2. The highest BCUT2D eigenvalue weighted by atomic mass is 35.5. The zero-order valence-corrected chi connectivity index (χ0v) is 11.2. The van der Waals surface area contributed by atoms with Crippen molar-refractivity contribution in [2.24, 2.45) is 0 Å². The molecule has 0 bridgehead atoms. The molecule has 1 aliphatic rings. The average Bonchev–Trinajstić information content (AvgIpc) is 2.95. The summed E-state index contributed by atoms with van der Waals surface area (Å²) in [6.45, 7) is 4.15. The number of nitrogens with zero attached hydrogens (tertiary/aromatic N) is 3. The first kappa shape index (κ1) is 11.6. The number of halogens is 1. The van der Waals surface area contributed by atoms with E-state index in [1.165, 1.54) is 0 Å². The molecule has 3 rings (SSSR count). The van der Waals surface area contributed by atoms with E-state index in [1.807, 2.05) is 19.1 Å². The molecule has 0 saturated heterocycles. The summed E-state index contributed by atoms with van der Waals surface area (Å²) in [4.78, 5) is 4.60. The smallest absolute Gasteiger partial charge is 0.128 e. The summed E-state index contributed by atoms with van der Waals surface area (Å²) in [5.41, 5.74) is 2.54. The van der Waals surface area contributed by atoms with Crippen molar-refractivity contribution in [2.45, 2.75) is 37.6 Å². The van der Waals surface area contributed by atoms with Crippen LogP contribution in [0.15, 0.2) is 18.2 Å². The summed E-state index contributed by atoms with van der Waals surface area (Å²) in [5.74, 6) is 0.870. The molecule has 1 atom stereocenters. The highest BCUT2D eigenvalue weighted by Crippen LogP contribution is 2.47. The van der Waals surface area contributed by atoms with E-state index in [-0.39, 0.29) is 10.9 Å². The number of hydrogen-bond acceptors (Lipinski definition) is 2. The van der Waals surface area contributed by atoms with Crippen LogP contribution in [0.3, 0.4) is 0 Å². The van der Waals surface area contributed by atoms with Crippen LogP contribution >= 0.6 is 11.6 Å². The molecule has 1 aliphatic carbocycles. The molecule has 0 spiro atoms. The quantitative estimate of drug-likeness (QED) is 0.772. The molecule has 1 aromatic carbocycles. The highest BCUT2D eigenvalue weighted by Gasteiger charge is 2.42. The minimum absolute atomic E-state index is 0.126. The third-order valence-electron chi connectivity index (χ3n) is 3.70. The van der Waals surface area contributed by atoms with E-state index in [9.17, 15) is 0 Å². The Morgan fingerprint density at radius 2 is 2.22 bits per heavy atom. The number of benzene rings is 1. The van der Waals surface area contributed by atoms with E-state index >= 15 is 0 Å². The van der Waals surface area contributed by atoms with Crippen LogP contribution in [-0.4, -0.2) is 9.55 Å². The van der Waals surface area contributed by atoms with Gasteiger partial charge in [0.05, 0.1) is 16.5 Å². The summed E-state index contributed by atoms with van der Waals surface area (Å²) in [5, 5.41) is 9.01. The lowest BCUT2D eigenvalue weighted by Crippen LogP contribution is -2.16. The van der Waals surface area contributed by atoms with Gasteiger partial charge in [-0.1, -0.05) is 6.07 Å². The molecule has 1 heterocycles. The number of nitriles is 1. The van der Waals surface area contributed by atoms with Gasteiger partial charge in [0, 0.05) is 5.54 Å². The van der Waals surface area contributed by atoms with E-state index in [1.54, 1.807) is 6.07 Å². The van der Waals surface area contributed by atoms with E-state index in [4.69, 9.17) is 16.9 Å². The maximum Gasteiger partial charge on any atom is 0.128 e. The van der Waals surface area contributed by atoms with Crippen molar-refractivity contribution in [1.82, 2.24) is 9.55 Å². The standard InChI is InChI=1S/C14H14ClN3/c1-9(15)13-17-12-10(8-16)4-3-5-11(12)18(13)14(2)6-7-14/h3-5,9H,6-7H2,1-2H3. The van der Waals surface area contributed by atoms with Gasteiger partial charge in [-0.25, -0.2) is 4.98 Å². The molecule has 92 valence electrons. The normalized spacial score (nSPS) is 18.6. The average molecular weight is 260 g/mol. The van der Waals surface area contributed by atoms with Crippen LogP contribution in [0.1, 0.15) is 43.5 Å². The van der Waals surface area contributed by atoms with Crippen molar-refractivity contribution < 1.29 is 0 Å². The van der Waals surface area contributed by atoms with Crippen LogP contribution < -0.4 is 0 Å². The Kier molecular flexibility index (Phi) is 2.39. The third kappa shape index (κ3) is 1.53. The molecule has 1 saturated carbocycles. The minimum Gasteiger partial charge on any atom is -0.321 e. The van der Waals surface area contributed by atoms with Gasteiger partial charge in [-0.3, -0.25) is 0 Å². The second-order valence-electron chi connectivity index (χ2n) is 5.20. The van der Waals surface area contributed by atoms with Gasteiger partial charge < -0.3 is 4.57 Å². The van der Waals surface area contributed by atoms with Crippen molar-refractivity contribution in [1.29, 1.82) is 5.26 Å². The number of para-hydroxylation sites is 1. The molecule has 2 aromatic rings. The van der Waals surface area contributed by atoms with Gasteiger partial charge in [0.2, 0.25) is 0 Å². The number of fused-ring (bicyclic) bond motifs is 1. The van der Waals surface area contributed by atoms with Gasteiger partial charge in [0.15, 0.2) is 0 Å². The van der Waals surface area contributed by atoms with Crippen LogP contribution in [-0.2, 0) is 5.54 Å². The molecule has 1 fully saturated rings. The first-order valence-electron chi connectivity index (χ1n) is 6.13. The fourth-order valence-corrected chi connectivity index (χ4v) is 2.59. The van der Waals surface area contributed by atoms with Crippen LogP contribution in [0, 0.1) is 11.3 Å². The Labute approximate surface area is 111 Å². The molecule has 0 aliphatic heterocycles. The van der Waals surface area contributed by atoms with Crippen molar-refractivity contribution in [3.63, 3.8) is 0 Å². The molecule has 3 nitrogen and oxygen atoms in total. The van der Waals surface area contributed by atoms with Crippen LogP contribution in [0.5, 0.6) is 0 Å². The van der Waals surface area contributed by atoms with E-state index in [0.717, 1.165) is 29.7 Å². The Morgan fingerprint density at radius 3 is 2.78 bits per heavy atom. The van der Waals surface area contributed by atoms with Crippen molar-refractivity contribution in [3.8, 4) is 6.07 Å². The molecule has 0 radical (unpaired) electrons. The minimum atomic E-state index is -0.152. The Balaban J connectivity index is 2.38. The fourth-order valence-electron chi connectivity index (χ4n) is 2.45. The Bertz CT molecular complexity index is 659. The molecule has 0 amide bonds. The Hall–Kier alpha value is -1.53. The molecule has 18 heavy (non-hydrogen) atoms. The maximum atomic E-state index is 9.16. The number of rotatable bonds is 2. The fraction of sp³-hybridized carbons (Fsp3) is 0.429. The largest absolute Gasteiger partial charge is 0.321 e. The summed E-state index contributed by atoms with van der Waals surface area (Å²) in [7, 11) is 0. The van der Waals surface area contributed by atoms with Crippen molar-refractivity contribution >= 4 is 22.6 Å². The molecule has 0 N–H and O–H groups in total. The van der Waals surface area contributed by atoms with E-state index < -0.39 is 0 Å². The van der Waals surface area contributed by atoms with E-state index in [0.29, 0.717) is 5.56 Å². The van der Waals surface area contributed by atoms with Gasteiger partial charge >= 0.3 is 0 Å². The SMILES string of the molecule is CC(Cl)c1nc2c(C#N)cccc2n1C1(C)CC1. The van der Waals surface area contributed by atoms with Gasteiger partial charge in [-0.05, 0) is 38.8 Å².